The topological polar surface area (TPSA) is 49.4 Å². The molecule has 0 aliphatic rings. The van der Waals surface area contributed by atoms with Gasteiger partial charge in [-0.05, 0) is 30.3 Å². The molecule has 0 saturated heterocycles. The normalized spacial score (nSPS) is 9.88. The highest BCUT2D eigenvalue weighted by atomic mass is 32.2. The van der Waals surface area contributed by atoms with E-state index in [4.69, 9.17) is 6.42 Å². The molecule has 24 heavy (non-hydrogen) atoms. The minimum absolute atomic E-state index is 0.00284. The van der Waals surface area contributed by atoms with Crippen LogP contribution in [-0.2, 0) is 4.79 Å². The Kier molecular flexibility index (Phi) is 6.05. The molecule has 2 aromatic rings. The van der Waals surface area contributed by atoms with E-state index in [1.165, 1.54) is 16.7 Å². The highest BCUT2D eigenvalue weighted by molar-refractivity contribution is 8.00. The fraction of sp³-hybridized carbons (Fsp3) is 0.158. The number of hydrogen-bond donors (Lipinski definition) is 1. The van der Waals surface area contributed by atoms with Gasteiger partial charge < -0.3 is 10.2 Å². The highest BCUT2D eigenvalue weighted by Gasteiger charge is 2.13. The first-order valence-electron chi connectivity index (χ1n) is 7.31. The monoisotopic (exact) mass is 338 g/mol. The predicted molar refractivity (Wildman–Crippen MR) is 98.2 cm³/mol. The summed E-state index contributed by atoms with van der Waals surface area (Å²) in [6.45, 7) is 0. The number of carbonyl (C=O) groups excluding carboxylic acids is 2. The van der Waals surface area contributed by atoms with Crippen molar-refractivity contribution in [2.45, 2.75) is 4.90 Å². The van der Waals surface area contributed by atoms with Gasteiger partial charge >= 0.3 is 0 Å². The number of amides is 2. The molecule has 0 radical (unpaired) electrons. The zero-order chi connectivity index (χ0) is 17.5. The molecule has 4 nitrogen and oxygen atoms in total. The molecule has 0 aliphatic heterocycles. The maximum atomic E-state index is 12.5. The van der Waals surface area contributed by atoms with Gasteiger partial charge in [-0.25, -0.2) is 0 Å². The molecule has 5 heteroatoms. The summed E-state index contributed by atoms with van der Waals surface area (Å²) in [5.41, 5.74) is 1.87. The third-order valence-electron chi connectivity index (χ3n) is 3.27. The average molecular weight is 338 g/mol. The van der Waals surface area contributed by atoms with E-state index in [1.54, 1.807) is 50.5 Å². The molecule has 0 aromatic heterocycles. The van der Waals surface area contributed by atoms with Gasteiger partial charge in [0.2, 0.25) is 5.91 Å². The van der Waals surface area contributed by atoms with Crippen molar-refractivity contribution in [3.05, 3.63) is 59.7 Å². The largest absolute Gasteiger partial charge is 0.348 e. The fourth-order valence-electron chi connectivity index (χ4n) is 1.93. The quantitative estimate of drug-likeness (QED) is 0.673. The zero-order valence-electron chi connectivity index (χ0n) is 13.6. The van der Waals surface area contributed by atoms with E-state index in [2.05, 4.69) is 11.2 Å². The number of rotatable bonds is 5. The lowest BCUT2D eigenvalue weighted by atomic mass is 10.2. The highest BCUT2D eigenvalue weighted by Crippen LogP contribution is 2.24. The first-order chi connectivity index (χ1) is 11.5. The second-order valence-corrected chi connectivity index (χ2v) is 6.27. The molecule has 0 aliphatic carbocycles. The summed E-state index contributed by atoms with van der Waals surface area (Å²) >= 11 is 1.35. The fourth-order valence-corrected chi connectivity index (χ4v) is 2.96. The molecule has 2 rings (SSSR count). The van der Waals surface area contributed by atoms with Gasteiger partial charge in [-0.1, -0.05) is 24.1 Å². The number of carbonyl (C=O) groups is 2. The molecule has 2 aromatic carbocycles. The molecule has 2 amide bonds. The van der Waals surface area contributed by atoms with Crippen LogP contribution in [0.4, 0.5) is 5.69 Å². The Bertz CT molecular complexity index is 794. The van der Waals surface area contributed by atoms with E-state index in [-0.39, 0.29) is 17.6 Å². The summed E-state index contributed by atoms with van der Waals surface area (Å²) in [6.07, 6.45) is 5.38. The Labute approximate surface area is 146 Å². The van der Waals surface area contributed by atoms with E-state index >= 15 is 0 Å². The van der Waals surface area contributed by atoms with Gasteiger partial charge in [-0.3, -0.25) is 9.59 Å². The first kappa shape index (κ1) is 17.6. The van der Waals surface area contributed by atoms with Crippen LogP contribution in [-0.4, -0.2) is 36.6 Å². The van der Waals surface area contributed by atoms with Crippen LogP contribution >= 0.6 is 11.8 Å². The second kappa shape index (κ2) is 8.23. The molecule has 122 valence electrons. The van der Waals surface area contributed by atoms with Crippen LogP contribution in [0.2, 0.25) is 0 Å². The third kappa shape index (κ3) is 4.64. The van der Waals surface area contributed by atoms with Gasteiger partial charge in [-0.2, -0.15) is 0 Å². The summed E-state index contributed by atoms with van der Waals surface area (Å²) in [7, 11) is 3.42. The van der Waals surface area contributed by atoms with Crippen LogP contribution in [0.1, 0.15) is 15.9 Å². The van der Waals surface area contributed by atoms with Crippen molar-refractivity contribution in [1.29, 1.82) is 0 Å². The average Bonchev–Trinajstić information content (AvgIpc) is 2.59. The Morgan fingerprint density at radius 1 is 1.17 bits per heavy atom. The lowest BCUT2D eigenvalue weighted by Gasteiger charge is -2.12. The van der Waals surface area contributed by atoms with Crippen LogP contribution < -0.4 is 5.32 Å². The van der Waals surface area contributed by atoms with E-state index in [0.717, 1.165) is 4.90 Å². The van der Waals surface area contributed by atoms with Crippen molar-refractivity contribution >= 4 is 29.3 Å². The number of hydrogen-bond acceptors (Lipinski definition) is 3. The van der Waals surface area contributed by atoms with Crippen molar-refractivity contribution in [2.75, 3.05) is 25.2 Å². The maximum absolute atomic E-state index is 12.5. The van der Waals surface area contributed by atoms with E-state index in [0.29, 0.717) is 16.8 Å². The van der Waals surface area contributed by atoms with Gasteiger partial charge in [0.1, 0.15) is 0 Å². The lowest BCUT2D eigenvalue weighted by Crippen LogP contribution is -2.23. The van der Waals surface area contributed by atoms with Crippen LogP contribution in [0.5, 0.6) is 0 Å². The Hall–Kier alpha value is -2.71. The van der Waals surface area contributed by atoms with Crippen molar-refractivity contribution < 1.29 is 9.59 Å². The van der Waals surface area contributed by atoms with Gasteiger partial charge in [0.05, 0.1) is 11.3 Å². The summed E-state index contributed by atoms with van der Waals surface area (Å²) in [5.74, 6) is 2.58. The molecular weight excluding hydrogens is 320 g/mol. The minimum Gasteiger partial charge on any atom is -0.348 e. The van der Waals surface area contributed by atoms with E-state index in [9.17, 15) is 9.59 Å². The van der Waals surface area contributed by atoms with Crippen molar-refractivity contribution in [3.8, 4) is 12.3 Å². The van der Waals surface area contributed by atoms with Crippen molar-refractivity contribution in [2.24, 2.45) is 0 Å². The third-order valence-corrected chi connectivity index (χ3v) is 4.33. The number of nitrogens with zero attached hydrogens (tertiary/aromatic N) is 1. The molecule has 1 N–H and O–H groups in total. The summed E-state index contributed by atoms with van der Waals surface area (Å²) in [4.78, 5) is 26.6. The van der Waals surface area contributed by atoms with Crippen molar-refractivity contribution in [1.82, 2.24) is 4.90 Å². The van der Waals surface area contributed by atoms with Crippen molar-refractivity contribution in [3.63, 3.8) is 0 Å². The lowest BCUT2D eigenvalue weighted by molar-refractivity contribution is -0.125. The number of thioether (sulfide) groups is 1. The summed E-state index contributed by atoms with van der Waals surface area (Å²) < 4.78 is 0. The Morgan fingerprint density at radius 2 is 1.92 bits per heavy atom. The molecule has 0 saturated carbocycles. The zero-order valence-corrected chi connectivity index (χ0v) is 14.4. The second-order valence-electron chi connectivity index (χ2n) is 5.25. The minimum atomic E-state index is -0.232. The van der Waals surface area contributed by atoms with Crippen LogP contribution in [0, 0.1) is 12.3 Å². The van der Waals surface area contributed by atoms with Crippen LogP contribution in [0.15, 0.2) is 53.4 Å². The summed E-state index contributed by atoms with van der Waals surface area (Å²) in [6, 6.07) is 14.3. The van der Waals surface area contributed by atoms with Gasteiger partial charge in [0.15, 0.2) is 0 Å². The first-order valence-corrected chi connectivity index (χ1v) is 8.30. The van der Waals surface area contributed by atoms with E-state index in [1.807, 2.05) is 12.1 Å². The van der Waals surface area contributed by atoms with Gasteiger partial charge in [0, 0.05) is 30.2 Å². The number of nitrogens with one attached hydrogen (secondary N) is 1. The molecule has 0 heterocycles. The van der Waals surface area contributed by atoms with Gasteiger partial charge in [0.25, 0.3) is 5.91 Å². The van der Waals surface area contributed by atoms with Gasteiger partial charge in [-0.15, -0.1) is 18.2 Å². The number of benzene rings is 2. The molecule has 0 atom stereocenters. The van der Waals surface area contributed by atoms with Crippen LogP contribution in [0.3, 0.4) is 0 Å². The SMILES string of the molecule is C#Cc1cccc(NC(=O)c2ccccc2SCC(=O)N(C)C)c1. The predicted octanol–water partition coefficient (Wildman–Crippen LogP) is 3.10. The number of anilines is 1. The standard InChI is InChI=1S/C19H18N2O2S/c1-4-14-8-7-9-15(12-14)20-19(23)16-10-5-6-11-17(16)24-13-18(22)21(2)3/h1,5-12H,13H2,2-3H3,(H,20,23). The molecule has 0 fully saturated rings. The maximum Gasteiger partial charge on any atom is 0.256 e. The Balaban J connectivity index is 2.14. The van der Waals surface area contributed by atoms with Crippen LogP contribution in [0.25, 0.3) is 0 Å². The smallest absolute Gasteiger partial charge is 0.256 e. The molecule has 0 spiro atoms. The molecular formula is C19H18N2O2S. The summed E-state index contributed by atoms with van der Waals surface area (Å²) in [5, 5.41) is 2.84. The Morgan fingerprint density at radius 3 is 2.62 bits per heavy atom. The molecule has 0 unspecified atom stereocenters. The number of terminal acetylenes is 1. The molecule has 0 bridgehead atoms. The van der Waals surface area contributed by atoms with E-state index < -0.39 is 0 Å².